The average Bonchev–Trinajstić information content (AvgIpc) is 3.46. The first-order valence-corrected chi connectivity index (χ1v) is 10.4. The molecule has 4 unspecified atom stereocenters. The lowest BCUT2D eigenvalue weighted by Crippen LogP contribution is -2.57. The molecule has 1 aliphatic heterocycles. The highest BCUT2D eigenvalue weighted by atomic mass is 16.4. The molecule has 2 rings (SSSR count). The standard InChI is InChI=1S/C19H29N7O7/c20-11(8-27)16(29)25-13(6-10-7-22-9-23-10)18(31)26-5-1-2-14(26)17(30)24-12(19(32)33)3-4-15(21)28/h7,9,11-14,27H,1-6,8,20H2,(H2,21,28)(H,22,23)(H,24,30)(H,25,29)(H,32,33). The van der Waals surface area contributed by atoms with Crippen LogP contribution in [0.5, 0.6) is 0 Å². The summed E-state index contributed by atoms with van der Waals surface area (Å²) in [6.07, 6.45) is 3.28. The molecule has 1 aliphatic rings. The normalized spacial score (nSPS) is 18.2. The number of hydrogen-bond donors (Lipinski definition) is 7. The van der Waals surface area contributed by atoms with Crippen molar-refractivity contribution in [2.75, 3.05) is 13.2 Å². The molecule has 182 valence electrons. The molecule has 1 fully saturated rings. The smallest absolute Gasteiger partial charge is 0.326 e. The van der Waals surface area contributed by atoms with Crippen molar-refractivity contribution in [3.05, 3.63) is 18.2 Å². The number of imidazole rings is 1. The molecule has 1 aromatic rings. The van der Waals surface area contributed by atoms with Gasteiger partial charge in [0.05, 0.1) is 12.9 Å². The Labute approximate surface area is 189 Å². The largest absolute Gasteiger partial charge is 0.480 e. The third kappa shape index (κ3) is 7.25. The molecule has 1 aromatic heterocycles. The zero-order chi connectivity index (χ0) is 24.5. The molecule has 0 radical (unpaired) electrons. The molecular weight excluding hydrogens is 438 g/mol. The summed E-state index contributed by atoms with van der Waals surface area (Å²) in [6.45, 7) is -0.398. The number of aromatic amines is 1. The van der Waals surface area contributed by atoms with Crippen molar-refractivity contribution in [1.29, 1.82) is 0 Å². The fraction of sp³-hybridized carbons (Fsp3) is 0.579. The number of carbonyl (C=O) groups is 5. The Morgan fingerprint density at radius 1 is 1.24 bits per heavy atom. The zero-order valence-corrected chi connectivity index (χ0v) is 17.9. The number of nitrogens with one attached hydrogen (secondary N) is 3. The van der Waals surface area contributed by atoms with Crippen LogP contribution < -0.4 is 22.1 Å². The first kappa shape index (κ1) is 25.7. The number of carboxylic acids is 1. The van der Waals surface area contributed by atoms with E-state index in [1.807, 2.05) is 0 Å². The fourth-order valence-electron chi connectivity index (χ4n) is 3.49. The Kier molecular flexibility index (Phi) is 9.30. The molecule has 4 amide bonds. The van der Waals surface area contributed by atoms with Gasteiger partial charge in [-0.05, 0) is 19.3 Å². The third-order valence-electron chi connectivity index (χ3n) is 5.26. The van der Waals surface area contributed by atoms with Gasteiger partial charge in [0, 0.05) is 31.3 Å². The Balaban J connectivity index is 2.15. The molecule has 2 heterocycles. The van der Waals surface area contributed by atoms with Gasteiger partial charge in [-0.3, -0.25) is 19.2 Å². The van der Waals surface area contributed by atoms with Crippen molar-refractivity contribution in [3.63, 3.8) is 0 Å². The minimum atomic E-state index is -1.34. The molecule has 14 heteroatoms. The number of hydrogen-bond acceptors (Lipinski definition) is 8. The Morgan fingerprint density at radius 2 is 1.97 bits per heavy atom. The first-order chi connectivity index (χ1) is 15.6. The van der Waals surface area contributed by atoms with Crippen molar-refractivity contribution >= 4 is 29.6 Å². The second kappa shape index (κ2) is 11.9. The summed E-state index contributed by atoms with van der Waals surface area (Å²) in [4.78, 5) is 68.7. The molecule has 33 heavy (non-hydrogen) atoms. The lowest BCUT2D eigenvalue weighted by atomic mass is 10.1. The molecule has 9 N–H and O–H groups in total. The summed E-state index contributed by atoms with van der Waals surface area (Å²) in [7, 11) is 0. The van der Waals surface area contributed by atoms with Gasteiger partial charge in [0.2, 0.25) is 23.6 Å². The van der Waals surface area contributed by atoms with Gasteiger partial charge in [-0.1, -0.05) is 0 Å². The van der Waals surface area contributed by atoms with Crippen LogP contribution in [0.15, 0.2) is 12.5 Å². The van der Waals surface area contributed by atoms with E-state index in [4.69, 9.17) is 16.6 Å². The van der Waals surface area contributed by atoms with Crippen LogP contribution in [0.4, 0.5) is 0 Å². The number of carbonyl (C=O) groups excluding carboxylic acids is 4. The number of carboxylic acid groups (broad SMARTS) is 1. The SMILES string of the molecule is NC(=O)CCC(NC(=O)C1CCCN1C(=O)C(Cc1cnc[nH]1)NC(=O)C(N)CO)C(=O)O. The molecule has 0 bridgehead atoms. The summed E-state index contributed by atoms with van der Waals surface area (Å²) < 4.78 is 0. The number of H-pyrrole nitrogens is 1. The maximum atomic E-state index is 13.3. The molecule has 14 nitrogen and oxygen atoms in total. The molecule has 0 aromatic carbocycles. The zero-order valence-electron chi connectivity index (χ0n) is 17.9. The van der Waals surface area contributed by atoms with Crippen LogP contribution in [0.2, 0.25) is 0 Å². The number of nitrogens with two attached hydrogens (primary N) is 2. The summed E-state index contributed by atoms with van der Waals surface area (Å²) >= 11 is 0. The predicted molar refractivity (Wildman–Crippen MR) is 112 cm³/mol. The van der Waals surface area contributed by atoms with E-state index in [1.165, 1.54) is 17.4 Å². The van der Waals surface area contributed by atoms with E-state index >= 15 is 0 Å². The highest BCUT2D eigenvalue weighted by Crippen LogP contribution is 2.20. The Morgan fingerprint density at radius 3 is 2.55 bits per heavy atom. The third-order valence-corrected chi connectivity index (χ3v) is 5.26. The molecule has 0 spiro atoms. The fourth-order valence-corrected chi connectivity index (χ4v) is 3.49. The van der Waals surface area contributed by atoms with E-state index in [9.17, 15) is 29.1 Å². The summed E-state index contributed by atoms with van der Waals surface area (Å²) in [5.74, 6) is -4.02. The quantitative estimate of drug-likeness (QED) is 0.162. The summed E-state index contributed by atoms with van der Waals surface area (Å²) in [5, 5.41) is 23.3. The van der Waals surface area contributed by atoms with Gasteiger partial charge >= 0.3 is 5.97 Å². The van der Waals surface area contributed by atoms with Gasteiger partial charge in [-0.25, -0.2) is 9.78 Å². The van der Waals surface area contributed by atoms with Crippen LogP contribution in [-0.4, -0.2) is 92.0 Å². The topological polar surface area (TPSA) is 234 Å². The van der Waals surface area contributed by atoms with Gasteiger partial charge in [-0.2, -0.15) is 0 Å². The van der Waals surface area contributed by atoms with Crippen molar-refractivity contribution in [3.8, 4) is 0 Å². The highest BCUT2D eigenvalue weighted by Gasteiger charge is 2.39. The number of aliphatic carboxylic acids is 1. The lowest BCUT2D eigenvalue weighted by molar-refractivity contribution is -0.145. The van der Waals surface area contributed by atoms with E-state index in [1.54, 1.807) is 0 Å². The lowest BCUT2D eigenvalue weighted by Gasteiger charge is -2.29. The molecule has 0 aliphatic carbocycles. The van der Waals surface area contributed by atoms with E-state index < -0.39 is 60.4 Å². The minimum absolute atomic E-state index is 0.0317. The Bertz CT molecular complexity index is 861. The number of aliphatic hydroxyl groups is 1. The maximum Gasteiger partial charge on any atom is 0.326 e. The van der Waals surface area contributed by atoms with Crippen molar-refractivity contribution in [1.82, 2.24) is 25.5 Å². The van der Waals surface area contributed by atoms with Crippen LogP contribution in [-0.2, 0) is 30.4 Å². The van der Waals surface area contributed by atoms with Crippen molar-refractivity contribution < 1.29 is 34.2 Å². The second-order valence-electron chi connectivity index (χ2n) is 7.73. The van der Waals surface area contributed by atoms with E-state index in [-0.39, 0.29) is 25.8 Å². The maximum absolute atomic E-state index is 13.3. The number of aliphatic hydroxyl groups excluding tert-OH is 1. The number of primary amides is 1. The van der Waals surface area contributed by atoms with Crippen molar-refractivity contribution in [2.24, 2.45) is 11.5 Å². The highest BCUT2D eigenvalue weighted by molar-refractivity contribution is 5.94. The Hall–Kier alpha value is -3.52. The van der Waals surface area contributed by atoms with Gasteiger partial charge in [0.1, 0.15) is 24.2 Å². The van der Waals surface area contributed by atoms with Gasteiger partial charge < -0.3 is 42.2 Å². The van der Waals surface area contributed by atoms with Crippen LogP contribution in [0.3, 0.4) is 0 Å². The van der Waals surface area contributed by atoms with Gasteiger partial charge in [-0.15, -0.1) is 0 Å². The van der Waals surface area contributed by atoms with Crippen LogP contribution in [0.25, 0.3) is 0 Å². The predicted octanol–water partition coefficient (Wildman–Crippen LogP) is -3.42. The van der Waals surface area contributed by atoms with Gasteiger partial charge in [0.25, 0.3) is 0 Å². The number of nitrogens with zero attached hydrogens (tertiary/aromatic N) is 2. The van der Waals surface area contributed by atoms with Crippen LogP contribution in [0, 0.1) is 0 Å². The van der Waals surface area contributed by atoms with E-state index in [0.717, 1.165) is 0 Å². The minimum Gasteiger partial charge on any atom is -0.480 e. The number of rotatable bonds is 12. The van der Waals surface area contributed by atoms with E-state index in [2.05, 4.69) is 20.6 Å². The monoisotopic (exact) mass is 467 g/mol. The number of aromatic nitrogens is 2. The molecule has 1 saturated heterocycles. The second-order valence-corrected chi connectivity index (χ2v) is 7.73. The molecule has 0 saturated carbocycles. The van der Waals surface area contributed by atoms with E-state index in [0.29, 0.717) is 18.5 Å². The van der Waals surface area contributed by atoms with Crippen LogP contribution in [0.1, 0.15) is 31.4 Å². The van der Waals surface area contributed by atoms with Crippen LogP contribution >= 0.6 is 0 Å². The van der Waals surface area contributed by atoms with Gasteiger partial charge in [0.15, 0.2) is 0 Å². The average molecular weight is 467 g/mol. The molecular formula is C19H29N7O7. The number of amides is 4. The first-order valence-electron chi connectivity index (χ1n) is 10.4. The summed E-state index contributed by atoms with van der Waals surface area (Å²) in [5.41, 5.74) is 11.1. The molecule has 4 atom stereocenters. The number of likely N-dealkylation sites (tertiary alicyclic amines) is 1. The summed E-state index contributed by atoms with van der Waals surface area (Å²) in [6, 6.07) is -4.64. The van der Waals surface area contributed by atoms with Crippen molar-refractivity contribution in [2.45, 2.75) is 56.3 Å².